The quantitative estimate of drug-likeness (QED) is 0.590. The van der Waals surface area contributed by atoms with Crippen molar-refractivity contribution < 1.29 is 13.6 Å². The lowest BCUT2D eigenvalue weighted by molar-refractivity contribution is 0.248. The molecule has 0 spiro atoms. The predicted octanol–water partition coefficient (Wildman–Crippen LogP) is 4.77. The summed E-state index contributed by atoms with van der Waals surface area (Å²) in [4.78, 5) is 25.1. The summed E-state index contributed by atoms with van der Waals surface area (Å²) in [5, 5.41) is 3.47. The van der Waals surface area contributed by atoms with E-state index in [-0.39, 0.29) is 22.2 Å². The number of hydrogen-bond acceptors (Lipinski definition) is 5. The van der Waals surface area contributed by atoms with Gasteiger partial charge in [-0.2, -0.15) is 4.98 Å². The first-order chi connectivity index (χ1) is 15.7. The molecule has 1 fully saturated rings. The van der Waals surface area contributed by atoms with E-state index in [9.17, 15) is 13.6 Å². The highest BCUT2D eigenvalue weighted by atomic mass is 79.9. The van der Waals surface area contributed by atoms with Crippen molar-refractivity contribution in [3.05, 3.63) is 39.5 Å². The van der Waals surface area contributed by atoms with Gasteiger partial charge >= 0.3 is 6.03 Å². The number of amides is 2. The van der Waals surface area contributed by atoms with Crippen molar-refractivity contribution in [2.75, 3.05) is 29.2 Å². The molecule has 2 amide bonds. The lowest BCUT2D eigenvalue weighted by Crippen LogP contribution is -2.47. The number of benzene rings is 1. The summed E-state index contributed by atoms with van der Waals surface area (Å²) in [5.74, 6) is 0.0523. The number of aromatic nitrogens is 2. The van der Waals surface area contributed by atoms with Gasteiger partial charge in [0.25, 0.3) is 0 Å². The molecule has 178 valence electrons. The zero-order valence-electron chi connectivity index (χ0n) is 18.9. The van der Waals surface area contributed by atoms with Crippen molar-refractivity contribution in [1.29, 1.82) is 0 Å². The van der Waals surface area contributed by atoms with Crippen LogP contribution in [0.3, 0.4) is 0 Å². The molecule has 2 aliphatic rings. The Morgan fingerprint density at radius 3 is 2.45 bits per heavy atom. The largest absolute Gasteiger partial charge is 0.362 e. The maximum atomic E-state index is 14.5. The van der Waals surface area contributed by atoms with Crippen LogP contribution in [-0.4, -0.2) is 42.2 Å². The topological polar surface area (TPSA) is 87.4 Å². The number of nitrogens with two attached hydrogens (primary N) is 1. The summed E-state index contributed by atoms with van der Waals surface area (Å²) in [6, 6.07) is 0.995. The second-order valence-electron chi connectivity index (χ2n) is 8.97. The number of hydrogen-bond donors (Lipinski definition) is 2. The van der Waals surface area contributed by atoms with Gasteiger partial charge in [-0.15, -0.1) is 0 Å². The Hall–Kier alpha value is -2.49. The molecule has 2 aromatic rings. The predicted molar refractivity (Wildman–Crippen MR) is 129 cm³/mol. The smallest absolute Gasteiger partial charge is 0.319 e. The molecule has 3 N–H and O–H groups in total. The first-order valence-electron chi connectivity index (χ1n) is 11.3. The van der Waals surface area contributed by atoms with Gasteiger partial charge in [0, 0.05) is 42.3 Å². The summed E-state index contributed by atoms with van der Waals surface area (Å²) in [6.45, 7) is 0. The number of nitrogens with zero attached hydrogens (tertiary/aromatic N) is 4. The van der Waals surface area contributed by atoms with Crippen molar-refractivity contribution in [3.8, 4) is 0 Å². The number of anilines is 3. The van der Waals surface area contributed by atoms with Crippen molar-refractivity contribution >= 4 is 39.4 Å². The van der Waals surface area contributed by atoms with E-state index in [0.717, 1.165) is 62.2 Å². The van der Waals surface area contributed by atoms with Gasteiger partial charge in [-0.3, -0.25) is 4.90 Å². The van der Waals surface area contributed by atoms with Crippen LogP contribution in [0, 0.1) is 11.6 Å². The van der Waals surface area contributed by atoms with Crippen LogP contribution in [0.15, 0.2) is 16.6 Å². The molecule has 4 rings (SSSR count). The average molecular weight is 523 g/mol. The van der Waals surface area contributed by atoms with E-state index < -0.39 is 17.7 Å². The minimum Gasteiger partial charge on any atom is -0.362 e. The molecule has 0 atom stereocenters. The fraction of sp³-hybridized carbons (Fsp3) is 0.522. The van der Waals surface area contributed by atoms with Crippen LogP contribution in [-0.2, 0) is 12.8 Å². The molecule has 0 unspecified atom stereocenters. The lowest BCUT2D eigenvalue weighted by atomic mass is 9.90. The molecule has 7 nitrogen and oxygen atoms in total. The summed E-state index contributed by atoms with van der Waals surface area (Å²) in [6.07, 6.45) is 7.00. The summed E-state index contributed by atoms with van der Waals surface area (Å²) in [7, 11) is 3.99. The van der Waals surface area contributed by atoms with Crippen LogP contribution < -0.4 is 20.9 Å². The van der Waals surface area contributed by atoms with Gasteiger partial charge in [-0.25, -0.2) is 18.6 Å². The van der Waals surface area contributed by atoms with Crippen molar-refractivity contribution in [2.24, 2.45) is 5.73 Å². The number of carbonyl (C=O) groups is 1. The molecule has 1 heterocycles. The van der Waals surface area contributed by atoms with Crippen LogP contribution in [0.2, 0.25) is 0 Å². The van der Waals surface area contributed by atoms with Gasteiger partial charge in [-0.1, -0.05) is 0 Å². The lowest BCUT2D eigenvalue weighted by Gasteiger charge is -2.36. The van der Waals surface area contributed by atoms with Crippen molar-refractivity contribution in [2.45, 2.75) is 63.5 Å². The highest BCUT2D eigenvalue weighted by Gasteiger charge is 2.32. The number of urea groups is 1. The van der Waals surface area contributed by atoms with E-state index >= 15 is 0 Å². The molecule has 33 heavy (non-hydrogen) atoms. The zero-order valence-corrected chi connectivity index (χ0v) is 20.5. The van der Waals surface area contributed by atoms with Crippen LogP contribution in [0.4, 0.5) is 31.0 Å². The molecule has 2 aliphatic carbocycles. The summed E-state index contributed by atoms with van der Waals surface area (Å²) in [5.41, 5.74) is 7.95. The van der Waals surface area contributed by atoms with Crippen LogP contribution in [0.1, 0.15) is 49.8 Å². The summed E-state index contributed by atoms with van der Waals surface area (Å²) < 4.78 is 28.2. The van der Waals surface area contributed by atoms with Crippen molar-refractivity contribution in [3.63, 3.8) is 0 Å². The second-order valence-corrected chi connectivity index (χ2v) is 9.83. The standard InChI is InChI=1S/C23H29BrF2N6O/c1-31(2)21-16-5-3-4-6-19(16)29-23(30-21)28-14-7-9-15(10-8-14)32(22(27)33)20-17(24)11-13(25)12-18(20)26/h11-12,14-15H,3-10H2,1-2H3,(H2,27,33)(H,28,29,30). The monoisotopic (exact) mass is 522 g/mol. The SMILES string of the molecule is CN(C)c1nc(NC2CCC(N(C(N)=O)c3c(F)cc(F)cc3Br)CC2)nc2c1CCCC2. The number of nitrogens with one attached hydrogen (secondary N) is 1. The Balaban J connectivity index is 1.48. The first-order valence-corrected chi connectivity index (χ1v) is 12.1. The maximum absolute atomic E-state index is 14.5. The number of fused-ring (bicyclic) bond motifs is 1. The molecule has 0 saturated heterocycles. The third-order valence-corrected chi connectivity index (χ3v) is 7.04. The summed E-state index contributed by atoms with van der Waals surface area (Å²) >= 11 is 3.18. The Bertz CT molecular complexity index is 1020. The molecular weight excluding hydrogens is 494 g/mol. The normalized spacial score (nSPS) is 20.2. The van der Waals surface area contributed by atoms with Crippen molar-refractivity contribution in [1.82, 2.24) is 9.97 Å². The number of halogens is 3. The molecule has 10 heteroatoms. The Morgan fingerprint density at radius 1 is 1.12 bits per heavy atom. The molecule has 0 aliphatic heterocycles. The van der Waals surface area contributed by atoms with Gasteiger partial charge in [0.1, 0.15) is 11.6 Å². The molecule has 1 aromatic carbocycles. The third-order valence-electron chi connectivity index (χ3n) is 6.44. The maximum Gasteiger partial charge on any atom is 0.319 e. The highest BCUT2D eigenvalue weighted by molar-refractivity contribution is 9.10. The van der Waals surface area contributed by atoms with E-state index in [1.165, 1.54) is 10.5 Å². The van der Waals surface area contributed by atoms with E-state index in [2.05, 4.69) is 21.2 Å². The third kappa shape index (κ3) is 5.05. The van der Waals surface area contributed by atoms with Crippen LogP contribution in [0.5, 0.6) is 0 Å². The number of aryl methyl sites for hydroxylation is 1. The fourth-order valence-corrected chi connectivity index (χ4v) is 5.51. The van der Waals surface area contributed by atoms with E-state index in [4.69, 9.17) is 15.7 Å². The Labute approximate surface area is 200 Å². The van der Waals surface area contributed by atoms with E-state index in [1.54, 1.807) is 0 Å². The highest BCUT2D eigenvalue weighted by Crippen LogP contribution is 2.36. The van der Waals surface area contributed by atoms with Gasteiger partial charge in [0.05, 0.1) is 11.4 Å². The molecule has 1 aromatic heterocycles. The van der Waals surface area contributed by atoms with Gasteiger partial charge < -0.3 is 16.0 Å². The fourth-order valence-electron chi connectivity index (χ4n) is 4.91. The van der Waals surface area contributed by atoms with Gasteiger partial charge in [0.15, 0.2) is 5.82 Å². The van der Waals surface area contributed by atoms with Crippen LogP contribution >= 0.6 is 15.9 Å². The van der Waals surface area contributed by atoms with Gasteiger partial charge in [0.2, 0.25) is 5.95 Å². The Morgan fingerprint density at radius 2 is 1.82 bits per heavy atom. The van der Waals surface area contributed by atoms with Gasteiger partial charge in [-0.05, 0) is 73.4 Å². The number of primary amides is 1. The number of rotatable bonds is 5. The minimum absolute atomic E-state index is 0.0195. The number of carbonyl (C=O) groups excluding carboxylic acids is 1. The molecule has 1 saturated carbocycles. The zero-order chi connectivity index (χ0) is 23.7. The average Bonchev–Trinajstić information content (AvgIpc) is 2.76. The van der Waals surface area contributed by atoms with E-state index in [1.807, 2.05) is 19.0 Å². The van der Waals surface area contributed by atoms with Crippen LogP contribution in [0.25, 0.3) is 0 Å². The van der Waals surface area contributed by atoms with E-state index in [0.29, 0.717) is 18.8 Å². The Kier molecular flexibility index (Phi) is 7.02. The first kappa shape index (κ1) is 23.7. The molecular formula is C23H29BrF2N6O. The molecule has 0 radical (unpaired) electrons. The molecule has 0 bridgehead atoms. The minimum atomic E-state index is -0.820. The second kappa shape index (κ2) is 9.79.